The van der Waals surface area contributed by atoms with Gasteiger partial charge in [-0.15, -0.1) is 0 Å². The minimum atomic E-state index is 0.115. The number of nitrogens with zero attached hydrogens (tertiary/aromatic N) is 4. The highest BCUT2D eigenvalue weighted by Gasteiger charge is 2.32. The molecule has 0 aliphatic carbocycles. The topological polar surface area (TPSA) is 64.6 Å². The van der Waals surface area contributed by atoms with Crippen LogP contribution in [-0.2, 0) is 6.54 Å². The van der Waals surface area contributed by atoms with Crippen LogP contribution in [0.4, 0.5) is 0 Å². The fourth-order valence-electron chi connectivity index (χ4n) is 3.25. The second-order valence-corrected chi connectivity index (χ2v) is 6.30. The zero-order valence-electron chi connectivity index (χ0n) is 13.0. The quantitative estimate of drug-likeness (QED) is 0.939. The average molecular weight is 298 g/mol. The number of likely N-dealkylation sites (tertiary alicyclic amines) is 1. The Morgan fingerprint density at radius 2 is 2.14 bits per heavy atom. The standard InChI is InChI=1S/C17H22N4O/c1-2-17(13-22)5-7-20(8-6-17)12-15-10-19-16-4-3-14(9-18)11-21(15)16/h3-4,10-11,22H,2,5-8,12-13H2,1H3. The Bertz CT molecular complexity index is 686. The SMILES string of the molecule is CCC1(CO)CCN(Cc2cnc3ccc(C#N)cn23)CC1. The molecule has 5 nitrogen and oxygen atoms in total. The zero-order valence-corrected chi connectivity index (χ0v) is 13.0. The van der Waals surface area contributed by atoms with Crippen molar-refractivity contribution in [1.82, 2.24) is 14.3 Å². The number of piperidine rings is 1. The van der Waals surface area contributed by atoms with E-state index in [1.54, 1.807) is 6.07 Å². The Morgan fingerprint density at radius 1 is 1.36 bits per heavy atom. The summed E-state index contributed by atoms with van der Waals surface area (Å²) in [5, 5.41) is 18.7. The van der Waals surface area contributed by atoms with Crippen LogP contribution in [0.1, 0.15) is 37.4 Å². The summed E-state index contributed by atoms with van der Waals surface area (Å²) in [6, 6.07) is 5.85. The molecule has 2 aromatic heterocycles. The van der Waals surface area contributed by atoms with Crippen molar-refractivity contribution in [3.8, 4) is 6.07 Å². The van der Waals surface area contributed by atoms with Crippen molar-refractivity contribution in [3.63, 3.8) is 0 Å². The molecule has 5 heteroatoms. The average Bonchev–Trinajstić information content (AvgIpc) is 2.98. The maximum absolute atomic E-state index is 9.62. The number of rotatable bonds is 4. The largest absolute Gasteiger partial charge is 0.396 e. The third-order valence-electron chi connectivity index (χ3n) is 5.10. The summed E-state index contributed by atoms with van der Waals surface area (Å²) >= 11 is 0. The van der Waals surface area contributed by atoms with Crippen LogP contribution in [0.3, 0.4) is 0 Å². The van der Waals surface area contributed by atoms with E-state index in [0.717, 1.165) is 50.2 Å². The van der Waals surface area contributed by atoms with E-state index in [4.69, 9.17) is 5.26 Å². The van der Waals surface area contributed by atoms with Gasteiger partial charge in [0.25, 0.3) is 0 Å². The van der Waals surface area contributed by atoms with Gasteiger partial charge in [-0.3, -0.25) is 4.90 Å². The molecule has 0 amide bonds. The van der Waals surface area contributed by atoms with Crippen LogP contribution < -0.4 is 0 Å². The maximum atomic E-state index is 9.62. The van der Waals surface area contributed by atoms with E-state index in [-0.39, 0.29) is 5.41 Å². The number of aliphatic hydroxyl groups excluding tert-OH is 1. The lowest BCUT2D eigenvalue weighted by Gasteiger charge is -2.40. The number of aliphatic hydroxyl groups is 1. The Labute approximate surface area is 130 Å². The molecule has 1 N–H and O–H groups in total. The Morgan fingerprint density at radius 3 is 2.77 bits per heavy atom. The lowest BCUT2D eigenvalue weighted by Crippen LogP contribution is -2.41. The summed E-state index contributed by atoms with van der Waals surface area (Å²) < 4.78 is 2.01. The number of hydrogen-bond donors (Lipinski definition) is 1. The number of hydrogen-bond acceptors (Lipinski definition) is 4. The number of aromatic nitrogens is 2. The molecule has 1 saturated heterocycles. The summed E-state index contributed by atoms with van der Waals surface area (Å²) in [6.07, 6.45) is 6.87. The van der Waals surface area contributed by atoms with E-state index >= 15 is 0 Å². The first-order chi connectivity index (χ1) is 10.7. The second-order valence-electron chi connectivity index (χ2n) is 6.30. The van der Waals surface area contributed by atoms with E-state index in [2.05, 4.69) is 22.9 Å². The summed E-state index contributed by atoms with van der Waals surface area (Å²) in [7, 11) is 0. The van der Waals surface area contributed by atoms with Crippen LogP contribution in [0.25, 0.3) is 5.65 Å². The van der Waals surface area contributed by atoms with Gasteiger partial charge in [0.1, 0.15) is 11.7 Å². The lowest BCUT2D eigenvalue weighted by atomic mass is 9.77. The van der Waals surface area contributed by atoms with Crippen molar-refractivity contribution in [2.75, 3.05) is 19.7 Å². The molecular weight excluding hydrogens is 276 g/mol. The van der Waals surface area contributed by atoms with Gasteiger partial charge < -0.3 is 9.51 Å². The third-order valence-corrected chi connectivity index (χ3v) is 5.10. The molecule has 22 heavy (non-hydrogen) atoms. The molecule has 2 aromatic rings. The van der Waals surface area contributed by atoms with E-state index in [0.29, 0.717) is 12.2 Å². The molecule has 0 saturated carbocycles. The van der Waals surface area contributed by atoms with Crippen LogP contribution in [0.2, 0.25) is 0 Å². The molecule has 0 unspecified atom stereocenters. The van der Waals surface area contributed by atoms with Crippen LogP contribution >= 0.6 is 0 Å². The first-order valence-corrected chi connectivity index (χ1v) is 7.89. The summed E-state index contributed by atoms with van der Waals surface area (Å²) in [5.41, 5.74) is 2.75. The number of imidazole rings is 1. The molecule has 3 heterocycles. The molecule has 0 atom stereocenters. The molecule has 1 aliphatic heterocycles. The van der Waals surface area contributed by atoms with Crippen LogP contribution in [0.5, 0.6) is 0 Å². The maximum Gasteiger partial charge on any atom is 0.137 e. The Hall–Kier alpha value is -1.90. The summed E-state index contributed by atoms with van der Waals surface area (Å²) in [4.78, 5) is 6.82. The highest BCUT2D eigenvalue weighted by atomic mass is 16.3. The molecule has 0 spiro atoms. The van der Waals surface area contributed by atoms with E-state index in [1.807, 2.05) is 22.9 Å². The van der Waals surface area contributed by atoms with Gasteiger partial charge in [0.05, 0.1) is 17.5 Å². The fourth-order valence-corrected chi connectivity index (χ4v) is 3.25. The first kappa shape index (κ1) is 15.0. The predicted molar refractivity (Wildman–Crippen MR) is 84.2 cm³/mol. The lowest BCUT2D eigenvalue weighted by molar-refractivity contribution is 0.0377. The van der Waals surface area contributed by atoms with Crippen LogP contribution in [-0.4, -0.2) is 39.1 Å². The third kappa shape index (κ3) is 2.72. The highest BCUT2D eigenvalue weighted by molar-refractivity contribution is 5.44. The number of pyridine rings is 1. The van der Waals surface area contributed by atoms with Crippen molar-refractivity contribution >= 4 is 5.65 Å². The number of fused-ring (bicyclic) bond motifs is 1. The Balaban J connectivity index is 1.74. The highest BCUT2D eigenvalue weighted by Crippen LogP contribution is 2.34. The molecule has 0 bridgehead atoms. The van der Waals surface area contributed by atoms with Gasteiger partial charge in [0.2, 0.25) is 0 Å². The normalized spacial score (nSPS) is 18.4. The van der Waals surface area contributed by atoms with Gasteiger partial charge in [-0.25, -0.2) is 4.98 Å². The van der Waals surface area contributed by atoms with E-state index in [9.17, 15) is 5.11 Å². The molecule has 0 radical (unpaired) electrons. The molecule has 0 aromatic carbocycles. The smallest absolute Gasteiger partial charge is 0.137 e. The van der Waals surface area contributed by atoms with Gasteiger partial charge in [0, 0.05) is 19.3 Å². The van der Waals surface area contributed by atoms with Crippen molar-refractivity contribution in [3.05, 3.63) is 35.8 Å². The minimum Gasteiger partial charge on any atom is -0.396 e. The zero-order chi connectivity index (χ0) is 15.6. The fraction of sp³-hybridized carbons (Fsp3) is 0.529. The van der Waals surface area contributed by atoms with E-state index < -0.39 is 0 Å². The summed E-state index contributed by atoms with van der Waals surface area (Å²) in [6.45, 7) is 5.29. The summed E-state index contributed by atoms with van der Waals surface area (Å²) in [5.74, 6) is 0. The monoisotopic (exact) mass is 298 g/mol. The predicted octanol–water partition coefficient (Wildman–Crippen LogP) is 2.19. The van der Waals surface area contributed by atoms with Crippen LogP contribution in [0, 0.1) is 16.7 Å². The van der Waals surface area contributed by atoms with Gasteiger partial charge in [0.15, 0.2) is 0 Å². The Kier molecular flexibility index (Phi) is 4.14. The molecule has 1 fully saturated rings. The molecular formula is C17H22N4O. The van der Waals surface area contributed by atoms with Crippen molar-refractivity contribution in [2.24, 2.45) is 5.41 Å². The van der Waals surface area contributed by atoms with Crippen molar-refractivity contribution in [1.29, 1.82) is 5.26 Å². The van der Waals surface area contributed by atoms with Crippen molar-refractivity contribution in [2.45, 2.75) is 32.7 Å². The van der Waals surface area contributed by atoms with Gasteiger partial charge >= 0.3 is 0 Å². The minimum absolute atomic E-state index is 0.115. The van der Waals surface area contributed by atoms with E-state index in [1.165, 1.54) is 0 Å². The second kappa shape index (κ2) is 6.07. The van der Waals surface area contributed by atoms with Gasteiger partial charge in [-0.2, -0.15) is 5.26 Å². The first-order valence-electron chi connectivity index (χ1n) is 7.89. The molecule has 116 valence electrons. The van der Waals surface area contributed by atoms with Crippen molar-refractivity contribution < 1.29 is 5.11 Å². The van der Waals surface area contributed by atoms with Gasteiger partial charge in [-0.05, 0) is 49.9 Å². The van der Waals surface area contributed by atoms with Gasteiger partial charge in [-0.1, -0.05) is 6.92 Å². The van der Waals surface area contributed by atoms with Crippen LogP contribution in [0.15, 0.2) is 24.5 Å². The molecule has 1 aliphatic rings. The molecule has 3 rings (SSSR count). The number of nitriles is 1.